The summed E-state index contributed by atoms with van der Waals surface area (Å²) in [5, 5.41) is 6.77. The number of fused-ring (bicyclic) bond motifs is 10. The van der Waals surface area contributed by atoms with E-state index in [1.807, 2.05) is 24.3 Å². The Morgan fingerprint density at radius 2 is 0.891 bits per heavy atom. The molecule has 0 bridgehead atoms. The third-order valence-electron chi connectivity index (χ3n) is 10.8. The maximum absolute atomic E-state index is 5.48. The minimum atomic E-state index is 0.686. The molecule has 0 radical (unpaired) electrons. The van der Waals surface area contributed by atoms with Crippen molar-refractivity contribution < 1.29 is 0 Å². The number of hydrogen-bond acceptors (Lipinski definition) is 5. The average Bonchev–Trinajstić information content (AvgIpc) is 3.91. The minimum Gasteiger partial charge on any atom is -0.293 e. The van der Waals surface area contributed by atoms with Gasteiger partial charge in [-0.1, -0.05) is 115 Å². The molecule has 0 spiro atoms. The Hall–Kier alpha value is -7.22. The molecule has 7 heteroatoms. The van der Waals surface area contributed by atoms with E-state index in [1.54, 1.807) is 11.3 Å². The standard InChI is InChI=1S/C48H28N6S/c1-2-14-29(15-3-1)45-49-37-21-9-4-19-34(37)47(51-45)53-40-24-12-7-18-33(40)36-28-30(26-27-41(36)53)46-50-43-35-20-8-13-25-42(35)55-44(43)48(52-46)54-38-22-10-5-16-31(38)32-17-6-11-23-39(32)54/h1-28H. The largest absolute Gasteiger partial charge is 0.293 e. The number of benzene rings is 7. The van der Waals surface area contributed by atoms with E-state index in [9.17, 15) is 0 Å². The number of aromatic nitrogens is 6. The smallest absolute Gasteiger partial charge is 0.162 e. The summed E-state index contributed by atoms with van der Waals surface area (Å²) < 4.78 is 6.86. The van der Waals surface area contributed by atoms with Crippen molar-refractivity contribution in [3.63, 3.8) is 0 Å². The average molecular weight is 721 g/mol. The van der Waals surface area contributed by atoms with Crippen LogP contribution in [0, 0.1) is 0 Å². The molecular formula is C48H28N6S. The fraction of sp³-hybridized carbons (Fsp3) is 0. The summed E-state index contributed by atoms with van der Waals surface area (Å²) in [4.78, 5) is 21.1. The molecule has 0 aliphatic rings. The van der Waals surface area contributed by atoms with Gasteiger partial charge in [0, 0.05) is 48.1 Å². The van der Waals surface area contributed by atoms with Gasteiger partial charge >= 0.3 is 0 Å². The molecule has 0 aliphatic heterocycles. The Bertz CT molecular complexity index is 3450. The zero-order valence-electron chi connectivity index (χ0n) is 29.3. The molecule has 6 nitrogen and oxygen atoms in total. The lowest BCUT2D eigenvalue weighted by Crippen LogP contribution is -2.03. The summed E-state index contributed by atoms with van der Waals surface area (Å²) in [5.41, 5.74) is 8.16. The van der Waals surface area contributed by atoms with E-state index in [1.165, 1.54) is 15.5 Å². The first-order chi connectivity index (χ1) is 27.3. The quantitative estimate of drug-likeness (QED) is 0.182. The molecule has 0 aliphatic carbocycles. The Morgan fingerprint density at radius 3 is 1.62 bits per heavy atom. The van der Waals surface area contributed by atoms with Crippen LogP contribution < -0.4 is 0 Å². The topological polar surface area (TPSA) is 61.4 Å². The van der Waals surface area contributed by atoms with E-state index in [4.69, 9.17) is 19.9 Å². The molecule has 0 amide bonds. The monoisotopic (exact) mass is 720 g/mol. The molecule has 0 atom stereocenters. The lowest BCUT2D eigenvalue weighted by Gasteiger charge is -2.13. The van der Waals surface area contributed by atoms with Crippen LogP contribution in [0.4, 0.5) is 0 Å². The summed E-state index contributed by atoms with van der Waals surface area (Å²) >= 11 is 1.75. The molecule has 12 aromatic rings. The number of thiophene rings is 1. The molecular weight excluding hydrogens is 693 g/mol. The molecule has 0 N–H and O–H groups in total. The summed E-state index contributed by atoms with van der Waals surface area (Å²) in [5.74, 6) is 3.12. The van der Waals surface area contributed by atoms with Crippen LogP contribution in [0.2, 0.25) is 0 Å². The first-order valence-corrected chi connectivity index (χ1v) is 19.1. The van der Waals surface area contributed by atoms with Crippen molar-refractivity contribution in [2.75, 3.05) is 0 Å². The highest BCUT2D eigenvalue weighted by atomic mass is 32.1. The van der Waals surface area contributed by atoms with Crippen LogP contribution in [0.1, 0.15) is 0 Å². The Morgan fingerprint density at radius 1 is 0.364 bits per heavy atom. The van der Waals surface area contributed by atoms with Crippen LogP contribution in [0.5, 0.6) is 0 Å². The summed E-state index contributed by atoms with van der Waals surface area (Å²) in [6.07, 6.45) is 0. The molecule has 256 valence electrons. The van der Waals surface area contributed by atoms with Gasteiger partial charge in [0.1, 0.15) is 5.82 Å². The maximum Gasteiger partial charge on any atom is 0.162 e. The maximum atomic E-state index is 5.48. The van der Waals surface area contributed by atoms with Crippen LogP contribution in [-0.4, -0.2) is 29.1 Å². The van der Waals surface area contributed by atoms with Gasteiger partial charge in [0.05, 0.1) is 37.8 Å². The highest BCUT2D eigenvalue weighted by Gasteiger charge is 2.22. The van der Waals surface area contributed by atoms with Gasteiger partial charge in [-0.25, -0.2) is 19.9 Å². The molecule has 7 aromatic carbocycles. The highest BCUT2D eigenvalue weighted by Crippen LogP contribution is 2.42. The number of nitrogens with zero attached hydrogens (tertiary/aromatic N) is 6. The lowest BCUT2D eigenvalue weighted by molar-refractivity contribution is 1.07. The fourth-order valence-corrected chi connectivity index (χ4v) is 9.42. The molecule has 5 aromatic heterocycles. The Balaban J connectivity index is 1.14. The molecule has 55 heavy (non-hydrogen) atoms. The van der Waals surface area contributed by atoms with Crippen molar-refractivity contribution in [3.8, 4) is 34.4 Å². The Kier molecular flexibility index (Phi) is 6.40. The van der Waals surface area contributed by atoms with E-state index < -0.39 is 0 Å². The first kappa shape index (κ1) is 30.3. The fourth-order valence-electron chi connectivity index (χ4n) is 8.29. The predicted molar refractivity (Wildman–Crippen MR) is 228 cm³/mol. The normalized spacial score (nSPS) is 12.0. The zero-order valence-corrected chi connectivity index (χ0v) is 30.1. The Labute approximate surface area is 318 Å². The van der Waals surface area contributed by atoms with Crippen molar-refractivity contribution in [3.05, 3.63) is 170 Å². The molecule has 5 heterocycles. The first-order valence-electron chi connectivity index (χ1n) is 18.3. The molecule has 12 rings (SSSR count). The molecule has 0 fully saturated rings. The number of hydrogen-bond donors (Lipinski definition) is 0. The van der Waals surface area contributed by atoms with Gasteiger partial charge in [0.2, 0.25) is 0 Å². The third kappa shape index (κ3) is 4.48. The minimum absolute atomic E-state index is 0.686. The van der Waals surface area contributed by atoms with E-state index in [0.29, 0.717) is 11.6 Å². The number of para-hydroxylation sites is 4. The molecule has 0 saturated heterocycles. The third-order valence-corrected chi connectivity index (χ3v) is 11.9. The van der Waals surface area contributed by atoms with Crippen LogP contribution >= 0.6 is 11.3 Å². The summed E-state index contributed by atoms with van der Waals surface area (Å²) in [6, 6.07) is 59.4. The van der Waals surface area contributed by atoms with Crippen molar-refractivity contribution in [1.82, 2.24) is 29.1 Å². The van der Waals surface area contributed by atoms with Crippen molar-refractivity contribution >= 4 is 86.2 Å². The van der Waals surface area contributed by atoms with Gasteiger partial charge < -0.3 is 0 Å². The van der Waals surface area contributed by atoms with Gasteiger partial charge in [0.15, 0.2) is 17.5 Å². The summed E-state index contributed by atoms with van der Waals surface area (Å²) in [7, 11) is 0. The van der Waals surface area contributed by atoms with Crippen molar-refractivity contribution in [2.45, 2.75) is 0 Å². The second kappa shape index (κ2) is 11.6. The van der Waals surface area contributed by atoms with E-state index in [-0.39, 0.29) is 0 Å². The molecule has 0 unspecified atom stereocenters. The summed E-state index contributed by atoms with van der Waals surface area (Å²) in [6.45, 7) is 0. The van der Waals surface area contributed by atoms with Crippen LogP contribution in [-0.2, 0) is 0 Å². The van der Waals surface area contributed by atoms with Crippen LogP contribution in [0.3, 0.4) is 0 Å². The SMILES string of the molecule is c1ccc(-c2nc(-n3c4ccccc4c4cc(-c5nc(-n6c7ccccc7c7ccccc76)c6sc7ccccc7c6n5)ccc43)c3ccccc3n2)cc1. The van der Waals surface area contributed by atoms with Crippen LogP contribution in [0.15, 0.2) is 170 Å². The lowest BCUT2D eigenvalue weighted by atomic mass is 10.1. The van der Waals surface area contributed by atoms with Gasteiger partial charge in [-0.15, -0.1) is 11.3 Å². The van der Waals surface area contributed by atoms with Crippen LogP contribution in [0.25, 0.3) is 109 Å². The molecule has 0 saturated carbocycles. The van der Waals surface area contributed by atoms with E-state index >= 15 is 0 Å². The number of rotatable bonds is 4. The highest BCUT2D eigenvalue weighted by molar-refractivity contribution is 7.26. The van der Waals surface area contributed by atoms with Crippen molar-refractivity contribution in [1.29, 1.82) is 0 Å². The van der Waals surface area contributed by atoms with E-state index in [2.05, 4.69) is 155 Å². The van der Waals surface area contributed by atoms with Gasteiger partial charge in [-0.2, -0.15) is 0 Å². The van der Waals surface area contributed by atoms with Crippen molar-refractivity contribution in [2.24, 2.45) is 0 Å². The second-order valence-corrected chi connectivity index (χ2v) is 14.9. The van der Waals surface area contributed by atoms with Gasteiger partial charge in [0.25, 0.3) is 0 Å². The second-order valence-electron chi connectivity index (χ2n) is 13.9. The zero-order chi connectivity index (χ0) is 36.0. The van der Waals surface area contributed by atoms with Gasteiger partial charge in [-0.05, 0) is 54.6 Å². The van der Waals surface area contributed by atoms with E-state index in [0.717, 1.165) is 82.1 Å². The van der Waals surface area contributed by atoms with Gasteiger partial charge in [-0.3, -0.25) is 9.13 Å². The predicted octanol–water partition coefficient (Wildman–Crippen LogP) is 12.3.